The molecule has 0 radical (unpaired) electrons. The van der Waals surface area contributed by atoms with Gasteiger partial charge in [0.15, 0.2) is 11.5 Å². The van der Waals surface area contributed by atoms with Crippen molar-refractivity contribution in [3.63, 3.8) is 0 Å². The van der Waals surface area contributed by atoms with E-state index in [1.165, 1.54) is 0 Å². The Morgan fingerprint density at radius 1 is 1.24 bits per heavy atom. The van der Waals surface area contributed by atoms with E-state index in [1.807, 2.05) is 6.07 Å². The van der Waals surface area contributed by atoms with Crippen molar-refractivity contribution in [2.75, 3.05) is 14.2 Å². The van der Waals surface area contributed by atoms with Crippen LogP contribution in [-0.2, 0) is 11.2 Å². The molecular formula is C18H15BrClNO4. The van der Waals surface area contributed by atoms with Crippen LogP contribution >= 0.6 is 27.5 Å². The number of aromatic amines is 1. The first-order valence-electron chi connectivity index (χ1n) is 7.39. The van der Waals surface area contributed by atoms with Gasteiger partial charge < -0.3 is 19.6 Å². The quantitative estimate of drug-likeness (QED) is 0.611. The number of rotatable bonds is 5. The van der Waals surface area contributed by atoms with Gasteiger partial charge in [-0.1, -0.05) is 23.7 Å². The summed E-state index contributed by atoms with van der Waals surface area (Å²) in [6.07, 6.45) is -0.129. The fourth-order valence-corrected chi connectivity index (χ4v) is 3.59. The van der Waals surface area contributed by atoms with E-state index in [-0.39, 0.29) is 6.42 Å². The van der Waals surface area contributed by atoms with Crippen LogP contribution in [0, 0.1) is 0 Å². The molecule has 3 aromatic rings. The number of carboxylic acid groups (broad SMARTS) is 1. The number of benzene rings is 2. The van der Waals surface area contributed by atoms with Gasteiger partial charge in [-0.3, -0.25) is 4.79 Å². The summed E-state index contributed by atoms with van der Waals surface area (Å²) >= 11 is 9.81. The van der Waals surface area contributed by atoms with E-state index >= 15 is 0 Å². The monoisotopic (exact) mass is 423 g/mol. The van der Waals surface area contributed by atoms with Crippen LogP contribution in [0.3, 0.4) is 0 Å². The van der Waals surface area contributed by atoms with Crippen LogP contribution < -0.4 is 9.47 Å². The van der Waals surface area contributed by atoms with Crippen molar-refractivity contribution < 1.29 is 19.4 Å². The van der Waals surface area contributed by atoms with E-state index in [9.17, 15) is 9.90 Å². The topological polar surface area (TPSA) is 71.6 Å². The van der Waals surface area contributed by atoms with Crippen molar-refractivity contribution in [3.8, 4) is 22.8 Å². The number of ether oxygens (including phenoxy) is 2. The summed E-state index contributed by atoms with van der Waals surface area (Å²) in [7, 11) is 3.11. The van der Waals surface area contributed by atoms with E-state index in [0.717, 1.165) is 15.4 Å². The molecular weight excluding hydrogens is 410 g/mol. The minimum Gasteiger partial charge on any atom is -0.493 e. The molecule has 1 aromatic heterocycles. The highest BCUT2D eigenvalue weighted by Crippen LogP contribution is 2.42. The third kappa shape index (κ3) is 3.19. The summed E-state index contributed by atoms with van der Waals surface area (Å²) in [6.45, 7) is 0. The normalized spacial score (nSPS) is 10.9. The second-order valence-electron chi connectivity index (χ2n) is 5.40. The first kappa shape index (κ1) is 17.6. The Kier molecular flexibility index (Phi) is 4.92. The zero-order chi connectivity index (χ0) is 18.1. The van der Waals surface area contributed by atoms with Crippen molar-refractivity contribution in [2.45, 2.75) is 6.42 Å². The lowest BCUT2D eigenvalue weighted by Crippen LogP contribution is -2.01. The van der Waals surface area contributed by atoms with E-state index in [4.69, 9.17) is 21.1 Å². The van der Waals surface area contributed by atoms with Crippen LogP contribution in [0.15, 0.2) is 34.8 Å². The second kappa shape index (κ2) is 6.98. The number of methoxy groups -OCH3 is 2. The molecule has 3 rings (SSSR count). The van der Waals surface area contributed by atoms with Crippen LogP contribution in [0.2, 0.25) is 5.02 Å². The largest absolute Gasteiger partial charge is 0.493 e. The summed E-state index contributed by atoms with van der Waals surface area (Å²) in [5.41, 5.74) is 2.81. The maximum atomic E-state index is 11.4. The summed E-state index contributed by atoms with van der Waals surface area (Å²) in [4.78, 5) is 14.6. The highest BCUT2D eigenvalue weighted by atomic mass is 79.9. The molecule has 1 heterocycles. The average Bonchev–Trinajstić information content (AvgIpc) is 2.94. The van der Waals surface area contributed by atoms with Gasteiger partial charge in [0.05, 0.1) is 36.9 Å². The summed E-state index contributed by atoms with van der Waals surface area (Å²) in [5.74, 6) is 0.206. The van der Waals surface area contributed by atoms with Gasteiger partial charge in [-0.2, -0.15) is 0 Å². The lowest BCUT2D eigenvalue weighted by Gasteiger charge is -2.12. The zero-order valence-corrected chi connectivity index (χ0v) is 15.9. The Hall–Kier alpha value is -2.18. The molecule has 0 aliphatic carbocycles. The number of hydrogen-bond acceptors (Lipinski definition) is 3. The number of hydrogen-bond donors (Lipinski definition) is 2. The number of halogens is 2. The first-order valence-corrected chi connectivity index (χ1v) is 8.56. The van der Waals surface area contributed by atoms with Crippen molar-refractivity contribution in [1.82, 2.24) is 4.98 Å². The minimum atomic E-state index is -0.918. The molecule has 2 N–H and O–H groups in total. The van der Waals surface area contributed by atoms with Crippen LogP contribution in [0.1, 0.15) is 5.56 Å². The molecule has 5 nitrogen and oxygen atoms in total. The van der Waals surface area contributed by atoms with Crippen LogP contribution in [0.25, 0.3) is 22.2 Å². The molecule has 0 aliphatic heterocycles. The van der Waals surface area contributed by atoms with Crippen LogP contribution in [-0.4, -0.2) is 30.3 Å². The van der Waals surface area contributed by atoms with Gasteiger partial charge in [0, 0.05) is 15.4 Å². The average molecular weight is 425 g/mol. The highest BCUT2D eigenvalue weighted by Gasteiger charge is 2.20. The summed E-state index contributed by atoms with van der Waals surface area (Å²) in [5, 5.41) is 10.7. The maximum absolute atomic E-state index is 11.4. The summed E-state index contributed by atoms with van der Waals surface area (Å²) in [6, 6.07) is 9.00. The molecule has 2 aromatic carbocycles. The molecule has 0 atom stereocenters. The number of nitrogens with one attached hydrogen (secondary N) is 1. The predicted molar refractivity (Wildman–Crippen MR) is 101 cm³/mol. The Morgan fingerprint density at radius 3 is 2.56 bits per heavy atom. The van der Waals surface area contributed by atoms with Crippen molar-refractivity contribution in [1.29, 1.82) is 0 Å². The lowest BCUT2D eigenvalue weighted by molar-refractivity contribution is -0.136. The smallest absolute Gasteiger partial charge is 0.307 e. The standard InChI is InChI=1S/C18H15BrClNO4/c1-24-14-6-11(12(19)8-15(14)25-2)17-10(7-16(22)23)9-4-3-5-13(20)18(9)21-17/h3-6,8,21H,7H2,1-2H3,(H,22,23). The van der Waals surface area contributed by atoms with Gasteiger partial charge in [0.2, 0.25) is 0 Å². The number of carboxylic acids is 1. The molecule has 0 fully saturated rings. The number of aliphatic carboxylic acids is 1. The molecule has 7 heteroatoms. The molecule has 0 aliphatic rings. The molecule has 0 bridgehead atoms. The molecule has 0 saturated heterocycles. The van der Waals surface area contributed by atoms with E-state index in [2.05, 4.69) is 20.9 Å². The zero-order valence-electron chi connectivity index (χ0n) is 13.5. The third-order valence-electron chi connectivity index (χ3n) is 3.96. The van der Waals surface area contributed by atoms with Crippen molar-refractivity contribution in [2.24, 2.45) is 0 Å². The van der Waals surface area contributed by atoms with Gasteiger partial charge in [-0.05, 0) is 39.7 Å². The van der Waals surface area contributed by atoms with Gasteiger partial charge >= 0.3 is 5.97 Å². The molecule has 25 heavy (non-hydrogen) atoms. The number of carbonyl (C=O) groups is 1. The Morgan fingerprint density at radius 2 is 1.92 bits per heavy atom. The van der Waals surface area contributed by atoms with Crippen molar-refractivity contribution in [3.05, 3.63) is 45.4 Å². The highest BCUT2D eigenvalue weighted by molar-refractivity contribution is 9.10. The molecule has 0 saturated carbocycles. The second-order valence-corrected chi connectivity index (χ2v) is 6.66. The van der Waals surface area contributed by atoms with Crippen LogP contribution in [0.5, 0.6) is 11.5 Å². The van der Waals surface area contributed by atoms with Gasteiger partial charge in [-0.15, -0.1) is 0 Å². The van der Waals surface area contributed by atoms with Gasteiger partial charge in [-0.25, -0.2) is 0 Å². The first-order chi connectivity index (χ1) is 12.0. The minimum absolute atomic E-state index is 0.129. The fourth-order valence-electron chi connectivity index (χ4n) is 2.85. The molecule has 0 amide bonds. The summed E-state index contributed by atoms with van der Waals surface area (Å²) < 4.78 is 11.4. The van der Waals surface area contributed by atoms with Gasteiger partial charge in [0.1, 0.15) is 0 Å². The predicted octanol–water partition coefficient (Wildman–Crippen LogP) is 4.90. The Bertz CT molecular complexity index is 967. The number of para-hydroxylation sites is 1. The molecule has 0 spiro atoms. The van der Waals surface area contributed by atoms with E-state index in [0.29, 0.717) is 33.3 Å². The fraction of sp³-hybridized carbons (Fsp3) is 0.167. The number of aromatic nitrogens is 1. The van der Waals surface area contributed by atoms with Crippen LogP contribution in [0.4, 0.5) is 0 Å². The molecule has 130 valence electrons. The lowest BCUT2D eigenvalue weighted by atomic mass is 10.0. The Labute approximate surface area is 157 Å². The van der Waals surface area contributed by atoms with E-state index < -0.39 is 5.97 Å². The number of H-pyrrole nitrogens is 1. The molecule has 0 unspecified atom stereocenters. The third-order valence-corrected chi connectivity index (χ3v) is 4.93. The van der Waals surface area contributed by atoms with E-state index in [1.54, 1.807) is 38.5 Å². The Balaban J connectivity index is 2.31. The maximum Gasteiger partial charge on any atom is 0.307 e. The van der Waals surface area contributed by atoms with Gasteiger partial charge in [0.25, 0.3) is 0 Å². The number of fused-ring (bicyclic) bond motifs is 1. The SMILES string of the molecule is COc1cc(Br)c(-c2[nH]c3c(Cl)cccc3c2CC(=O)O)cc1OC. The van der Waals surface area contributed by atoms with Crippen molar-refractivity contribution >= 4 is 44.4 Å².